The molecule has 2 aromatic carbocycles. The molecule has 1 N–H and O–H groups in total. The minimum absolute atomic E-state index is 0.192. The number of carboxylic acid groups (broad SMARTS) is 1. The molecule has 1 aliphatic heterocycles. The van der Waals surface area contributed by atoms with Gasteiger partial charge in [0.1, 0.15) is 12.4 Å². The zero-order valence-electron chi connectivity index (χ0n) is 17.1. The number of ether oxygens (including phenoxy) is 1. The number of allylic oxidation sites excluding steroid dienone is 1. The Morgan fingerprint density at radius 2 is 2.00 bits per heavy atom. The van der Waals surface area contributed by atoms with Crippen LogP contribution in [0.2, 0.25) is 0 Å². The second kappa shape index (κ2) is 7.89. The molecule has 0 unspecified atom stereocenters. The van der Waals surface area contributed by atoms with Crippen LogP contribution in [0.25, 0.3) is 15.7 Å². The van der Waals surface area contributed by atoms with Gasteiger partial charge in [0.15, 0.2) is 0 Å². The van der Waals surface area contributed by atoms with Gasteiger partial charge in [0.05, 0.1) is 5.92 Å². The topological polar surface area (TPSA) is 49.8 Å². The molecule has 0 radical (unpaired) electrons. The maximum atomic E-state index is 11.0. The van der Waals surface area contributed by atoms with Crippen LogP contribution in [-0.4, -0.2) is 35.6 Å². The molecule has 2 heterocycles. The summed E-state index contributed by atoms with van der Waals surface area (Å²) in [5, 5.41) is 10.3. The van der Waals surface area contributed by atoms with E-state index in [1.807, 2.05) is 0 Å². The quantitative estimate of drug-likeness (QED) is 0.595. The standard InChI is InChI=1S/C25H25NO3S/c1-16-19(12-26-13-20(14-26)25(27)28)7-6-17-10-21(8-9-23(16)17)29-15-22-11-18-4-2-3-5-24(18)30-22/h2-5,8-11,20H,6-7,12-15H2,1H3,(H,27,28). The molecule has 1 aliphatic carbocycles. The summed E-state index contributed by atoms with van der Waals surface area (Å²) in [4.78, 5) is 14.5. The zero-order chi connectivity index (χ0) is 20.7. The van der Waals surface area contributed by atoms with E-state index in [0.29, 0.717) is 19.7 Å². The predicted molar refractivity (Wildman–Crippen MR) is 121 cm³/mol. The van der Waals surface area contributed by atoms with Crippen LogP contribution in [0.5, 0.6) is 5.75 Å². The highest BCUT2D eigenvalue weighted by molar-refractivity contribution is 7.19. The van der Waals surface area contributed by atoms with Crippen LogP contribution >= 0.6 is 11.3 Å². The van der Waals surface area contributed by atoms with E-state index in [-0.39, 0.29) is 5.92 Å². The van der Waals surface area contributed by atoms with Crippen molar-refractivity contribution in [3.8, 4) is 5.75 Å². The maximum Gasteiger partial charge on any atom is 0.309 e. The molecule has 30 heavy (non-hydrogen) atoms. The summed E-state index contributed by atoms with van der Waals surface area (Å²) < 4.78 is 7.40. The Hall–Kier alpha value is -2.63. The molecule has 3 aromatic rings. The fourth-order valence-electron chi connectivity index (χ4n) is 4.48. The van der Waals surface area contributed by atoms with Gasteiger partial charge in [-0.3, -0.25) is 9.69 Å². The van der Waals surface area contributed by atoms with Crippen molar-refractivity contribution in [2.75, 3.05) is 19.6 Å². The van der Waals surface area contributed by atoms with E-state index in [9.17, 15) is 4.79 Å². The predicted octanol–water partition coefficient (Wildman–Crippen LogP) is 5.22. The fourth-order valence-corrected chi connectivity index (χ4v) is 5.46. The average Bonchev–Trinajstić information content (AvgIpc) is 3.13. The summed E-state index contributed by atoms with van der Waals surface area (Å²) in [5.74, 6) is 0.0612. The van der Waals surface area contributed by atoms with E-state index in [4.69, 9.17) is 9.84 Å². The average molecular weight is 420 g/mol. The summed E-state index contributed by atoms with van der Waals surface area (Å²) in [5.41, 5.74) is 5.43. The van der Waals surface area contributed by atoms with Crippen LogP contribution in [0.15, 0.2) is 54.1 Å². The van der Waals surface area contributed by atoms with Crippen LogP contribution in [0.4, 0.5) is 0 Å². The Morgan fingerprint density at radius 3 is 2.80 bits per heavy atom. The van der Waals surface area contributed by atoms with Gasteiger partial charge < -0.3 is 9.84 Å². The number of carbonyl (C=O) groups is 1. The Bertz CT molecular complexity index is 1110. The van der Waals surface area contributed by atoms with Crippen molar-refractivity contribution in [3.05, 3.63) is 70.1 Å². The third kappa shape index (κ3) is 3.75. The first kappa shape index (κ1) is 19.3. The monoisotopic (exact) mass is 419 g/mol. The van der Waals surface area contributed by atoms with E-state index in [1.165, 1.54) is 37.2 Å². The number of fused-ring (bicyclic) bond motifs is 2. The van der Waals surface area contributed by atoms with Crippen molar-refractivity contribution >= 4 is 33.0 Å². The highest BCUT2D eigenvalue weighted by Crippen LogP contribution is 2.35. The van der Waals surface area contributed by atoms with Gasteiger partial charge in [0.2, 0.25) is 0 Å². The molecule has 154 valence electrons. The largest absolute Gasteiger partial charge is 0.488 e. The highest BCUT2D eigenvalue weighted by atomic mass is 32.1. The molecular formula is C25H25NO3S. The summed E-state index contributed by atoms with van der Waals surface area (Å²) in [6, 6.07) is 17.1. The zero-order valence-corrected chi connectivity index (χ0v) is 17.9. The molecule has 5 heteroatoms. The first-order valence-corrected chi connectivity index (χ1v) is 11.3. The third-order valence-corrected chi connectivity index (χ3v) is 7.38. The normalized spacial score (nSPS) is 17.1. The summed E-state index contributed by atoms with van der Waals surface area (Å²) in [6.07, 6.45) is 2.05. The van der Waals surface area contributed by atoms with Crippen molar-refractivity contribution < 1.29 is 14.6 Å². The lowest BCUT2D eigenvalue weighted by Crippen LogP contribution is -2.50. The minimum atomic E-state index is -0.672. The Kier molecular flexibility index (Phi) is 5.09. The van der Waals surface area contributed by atoms with Gasteiger partial charge in [-0.25, -0.2) is 0 Å². The molecule has 1 saturated heterocycles. The van der Waals surface area contributed by atoms with Crippen LogP contribution in [0, 0.1) is 5.92 Å². The SMILES string of the molecule is CC1=C(CN2CC(C(=O)O)C2)CCc2cc(OCc3cc4ccccc4s3)ccc21. The van der Waals surface area contributed by atoms with Gasteiger partial charge in [-0.15, -0.1) is 11.3 Å². The Morgan fingerprint density at radius 1 is 1.17 bits per heavy atom. The first-order chi connectivity index (χ1) is 14.6. The molecule has 2 aliphatic rings. The molecule has 0 amide bonds. The van der Waals surface area contributed by atoms with Crippen LogP contribution in [0.3, 0.4) is 0 Å². The number of rotatable bonds is 6. The number of thiophene rings is 1. The fraction of sp³-hybridized carbons (Fsp3) is 0.320. The molecule has 1 fully saturated rings. The third-order valence-electron chi connectivity index (χ3n) is 6.29. The van der Waals surface area contributed by atoms with E-state index in [0.717, 1.165) is 25.1 Å². The van der Waals surface area contributed by atoms with Crippen LogP contribution < -0.4 is 4.74 Å². The molecular weight excluding hydrogens is 394 g/mol. The van der Waals surface area contributed by atoms with E-state index in [2.05, 4.69) is 60.4 Å². The minimum Gasteiger partial charge on any atom is -0.488 e. The Labute approximate surface area is 180 Å². The number of likely N-dealkylation sites (tertiary alicyclic amines) is 1. The van der Waals surface area contributed by atoms with Crippen molar-refractivity contribution in [3.63, 3.8) is 0 Å². The molecule has 0 spiro atoms. The van der Waals surface area contributed by atoms with Crippen molar-refractivity contribution in [1.29, 1.82) is 0 Å². The smallest absolute Gasteiger partial charge is 0.309 e. The van der Waals surface area contributed by atoms with E-state index in [1.54, 1.807) is 11.3 Å². The Balaban J connectivity index is 1.25. The number of nitrogens with zero attached hydrogens (tertiary/aromatic N) is 1. The van der Waals surface area contributed by atoms with E-state index < -0.39 is 5.97 Å². The van der Waals surface area contributed by atoms with Crippen molar-refractivity contribution in [1.82, 2.24) is 4.90 Å². The van der Waals surface area contributed by atoms with Gasteiger partial charge in [0, 0.05) is 29.2 Å². The lowest BCUT2D eigenvalue weighted by Gasteiger charge is -2.38. The van der Waals surface area contributed by atoms with Crippen LogP contribution in [-0.2, 0) is 17.8 Å². The molecule has 0 bridgehead atoms. The van der Waals surface area contributed by atoms with Gasteiger partial charge in [-0.1, -0.05) is 29.8 Å². The number of aliphatic carboxylic acids is 1. The van der Waals surface area contributed by atoms with Crippen molar-refractivity contribution in [2.24, 2.45) is 5.92 Å². The molecule has 5 rings (SSSR count). The number of hydrogen-bond donors (Lipinski definition) is 1. The van der Waals surface area contributed by atoms with Gasteiger partial charge >= 0.3 is 5.97 Å². The number of carboxylic acids is 1. The second-order valence-corrected chi connectivity index (χ2v) is 9.48. The van der Waals surface area contributed by atoms with Crippen LogP contribution in [0.1, 0.15) is 29.3 Å². The highest BCUT2D eigenvalue weighted by Gasteiger charge is 2.33. The number of hydrogen-bond acceptors (Lipinski definition) is 4. The van der Waals surface area contributed by atoms with Gasteiger partial charge in [0.25, 0.3) is 0 Å². The molecule has 1 aromatic heterocycles. The maximum absolute atomic E-state index is 11.0. The number of aryl methyl sites for hydroxylation is 1. The van der Waals surface area contributed by atoms with Gasteiger partial charge in [-0.2, -0.15) is 0 Å². The lowest BCUT2D eigenvalue weighted by atomic mass is 9.85. The molecule has 0 atom stereocenters. The van der Waals surface area contributed by atoms with Crippen molar-refractivity contribution in [2.45, 2.75) is 26.4 Å². The molecule has 0 saturated carbocycles. The molecule has 4 nitrogen and oxygen atoms in total. The summed E-state index contributed by atoms with van der Waals surface area (Å²) in [7, 11) is 0. The lowest BCUT2D eigenvalue weighted by molar-refractivity contribution is -0.147. The number of benzene rings is 2. The van der Waals surface area contributed by atoms with E-state index >= 15 is 0 Å². The summed E-state index contributed by atoms with van der Waals surface area (Å²) in [6.45, 7) is 5.02. The summed E-state index contributed by atoms with van der Waals surface area (Å²) >= 11 is 1.79. The first-order valence-electron chi connectivity index (χ1n) is 10.4. The van der Waals surface area contributed by atoms with Gasteiger partial charge in [-0.05, 0) is 66.1 Å². The second-order valence-electron chi connectivity index (χ2n) is 8.32.